The summed E-state index contributed by atoms with van der Waals surface area (Å²) in [6.07, 6.45) is 5.68. The molecule has 152 valence electrons. The second kappa shape index (κ2) is 7.65. The zero-order valence-corrected chi connectivity index (χ0v) is 16.5. The van der Waals surface area contributed by atoms with Crippen molar-refractivity contribution in [1.29, 1.82) is 0 Å². The number of nitrogens with zero attached hydrogens (tertiary/aromatic N) is 4. The molecule has 10 heteroatoms. The molecule has 0 bridgehead atoms. The van der Waals surface area contributed by atoms with Crippen molar-refractivity contribution >= 4 is 27.6 Å². The highest BCUT2D eigenvalue weighted by Gasteiger charge is 2.42. The van der Waals surface area contributed by atoms with Crippen LogP contribution in [0.15, 0.2) is 18.5 Å². The first-order valence-corrected chi connectivity index (χ1v) is 11.6. The van der Waals surface area contributed by atoms with Crippen LogP contribution in [0.5, 0.6) is 0 Å². The summed E-state index contributed by atoms with van der Waals surface area (Å²) in [6, 6.07) is 1.58. The van der Waals surface area contributed by atoms with Crippen molar-refractivity contribution in [3.05, 3.63) is 18.5 Å². The Balaban J connectivity index is 1.27. The molecule has 28 heavy (non-hydrogen) atoms. The van der Waals surface area contributed by atoms with Gasteiger partial charge in [-0.15, -0.1) is 0 Å². The minimum atomic E-state index is -3.05. The van der Waals surface area contributed by atoms with Crippen LogP contribution < -0.4 is 10.2 Å². The van der Waals surface area contributed by atoms with Gasteiger partial charge in [-0.3, -0.25) is 9.59 Å². The maximum absolute atomic E-state index is 12.7. The van der Waals surface area contributed by atoms with Crippen LogP contribution in [-0.4, -0.2) is 78.3 Å². The summed E-state index contributed by atoms with van der Waals surface area (Å²) < 4.78 is 23.4. The lowest BCUT2D eigenvalue weighted by Crippen LogP contribution is -2.47. The third-order valence-corrected chi connectivity index (χ3v) is 7.61. The van der Waals surface area contributed by atoms with E-state index < -0.39 is 15.8 Å². The largest absolute Gasteiger partial charge is 0.353 e. The average Bonchev–Trinajstić information content (AvgIpc) is 3.25. The number of anilines is 1. The van der Waals surface area contributed by atoms with Crippen LogP contribution in [0.1, 0.15) is 25.7 Å². The number of rotatable bonds is 4. The third kappa shape index (κ3) is 4.11. The molecule has 1 aromatic rings. The summed E-state index contributed by atoms with van der Waals surface area (Å²) in [5, 5.41) is 3.08. The quantitative estimate of drug-likeness (QED) is 0.722. The standard InChI is InChI=1S/C18H25N5O4S/c24-16-10-13(11-23(16)15-4-9-28(26,27)12-15)17(25)21-14-2-7-22(8-3-14)18-19-5-1-6-20-18/h1,5-6,13-15H,2-4,7-12H2,(H,21,25). The fraction of sp³-hybridized carbons (Fsp3) is 0.667. The van der Waals surface area contributed by atoms with Gasteiger partial charge in [0.25, 0.3) is 0 Å². The van der Waals surface area contributed by atoms with Gasteiger partial charge in [0.1, 0.15) is 0 Å². The Morgan fingerprint density at radius 3 is 2.50 bits per heavy atom. The van der Waals surface area contributed by atoms with E-state index in [9.17, 15) is 18.0 Å². The maximum atomic E-state index is 12.7. The Kier molecular flexibility index (Phi) is 5.22. The van der Waals surface area contributed by atoms with E-state index in [1.807, 2.05) is 0 Å². The van der Waals surface area contributed by atoms with Gasteiger partial charge in [0.2, 0.25) is 17.8 Å². The van der Waals surface area contributed by atoms with Crippen molar-refractivity contribution in [2.75, 3.05) is 36.0 Å². The van der Waals surface area contributed by atoms with Gasteiger partial charge in [-0.2, -0.15) is 0 Å². The summed E-state index contributed by atoms with van der Waals surface area (Å²) in [5.41, 5.74) is 0. The van der Waals surface area contributed by atoms with Crippen molar-refractivity contribution in [1.82, 2.24) is 20.2 Å². The Bertz CT molecular complexity index is 839. The van der Waals surface area contributed by atoms with Crippen molar-refractivity contribution in [2.24, 2.45) is 5.92 Å². The summed E-state index contributed by atoms with van der Waals surface area (Å²) in [5.74, 6) is 0.237. The average molecular weight is 407 g/mol. The number of hydrogen-bond donors (Lipinski definition) is 1. The van der Waals surface area contributed by atoms with Gasteiger partial charge >= 0.3 is 0 Å². The van der Waals surface area contributed by atoms with Crippen LogP contribution >= 0.6 is 0 Å². The fourth-order valence-corrected chi connectivity index (χ4v) is 6.01. The summed E-state index contributed by atoms with van der Waals surface area (Å²) in [4.78, 5) is 37.2. The van der Waals surface area contributed by atoms with E-state index in [1.54, 1.807) is 23.4 Å². The van der Waals surface area contributed by atoms with E-state index >= 15 is 0 Å². The molecule has 3 fully saturated rings. The Morgan fingerprint density at radius 1 is 1.14 bits per heavy atom. The Morgan fingerprint density at radius 2 is 1.86 bits per heavy atom. The van der Waals surface area contributed by atoms with Gasteiger partial charge in [-0.1, -0.05) is 0 Å². The van der Waals surface area contributed by atoms with E-state index in [2.05, 4.69) is 20.2 Å². The molecule has 0 aliphatic carbocycles. The summed E-state index contributed by atoms with van der Waals surface area (Å²) in [6.45, 7) is 1.86. The molecular weight excluding hydrogens is 382 g/mol. The monoisotopic (exact) mass is 407 g/mol. The molecule has 1 aromatic heterocycles. The first-order chi connectivity index (χ1) is 13.4. The van der Waals surface area contributed by atoms with E-state index in [0.29, 0.717) is 18.9 Å². The van der Waals surface area contributed by atoms with E-state index in [0.717, 1.165) is 25.9 Å². The number of piperidine rings is 1. The number of amides is 2. The Labute approximate surface area is 164 Å². The van der Waals surface area contributed by atoms with Crippen LogP contribution in [0.4, 0.5) is 5.95 Å². The highest BCUT2D eigenvalue weighted by atomic mass is 32.2. The lowest BCUT2D eigenvalue weighted by Gasteiger charge is -2.32. The molecule has 2 atom stereocenters. The van der Waals surface area contributed by atoms with Gasteiger partial charge in [0, 0.05) is 50.5 Å². The van der Waals surface area contributed by atoms with Crippen molar-refractivity contribution in [2.45, 2.75) is 37.8 Å². The fourth-order valence-electron chi connectivity index (χ4n) is 4.28. The number of sulfone groups is 1. The molecule has 0 radical (unpaired) electrons. The van der Waals surface area contributed by atoms with E-state index in [1.165, 1.54) is 0 Å². The van der Waals surface area contributed by atoms with Crippen LogP contribution in [0, 0.1) is 5.92 Å². The molecule has 0 saturated carbocycles. The third-order valence-electron chi connectivity index (χ3n) is 5.85. The summed E-state index contributed by atoms with van der Waals surface area (Å²) >= 11 is 0. The van der Waals surface area contributed by atoms with Crippen LogP contribution in [0.25, 0.3) is 0 Å². The van der Waals surface area contributed by atoms with Gasteiger partial charge in [0.05, 0.1) is 17.4 Å². The molecule has 0 spiro atoms. The summed E-state index contributed by atoms with van der Waals surface area (Å²) in [7, 11) is -3.05. The molecule has 0 aromatic carbocycles. The van der Waals surface area contributed by atoms with Gasteiger partial charge in [0.15, 0.2) is 9.84 Å². The Hall–Kier alpha value is -2.23. The number of likely N-dealkylation sites (tertiary alicyclic amines) is 1. The molecule has 3 aliphatic heterocycles. The molecule has 3 aliphatic rings. The van der Waals surface area contributed by atoms with Crippen molar-refractivity contribution in [3.8, 4) is 0 Å². The predicted molar refractivity (Wildman–Crippen MR) is 102 cm³/mol. The zero-order valence-electron chi connectivity index (χ0n) is 15.7. The number of hydrogen-bond acceptors (Lipinski definition) is 7. The van der Waals surface area contributed by atoms with Crippen LogP contribution in [0.3, 0.4) is 0 Å². The topological polar surface area (TPSA) is 113 Å². The minimum Gasteiger partial charge on any atom is -0.353 e. The smallest absolute Gasteiger partial charge is 0.225 e. The SMILES string of the molecule is O=C(NC1CCN(c2ncccn2)CC1)C1CC(=O)N(C2CCS(=O)(=O)C2)C1. The van der Waals surface area contributed by atoms with Crippen LogP contribution in [-0.2, 0) is 19.4 Å². The predicted octanol–water partition coefficient (Wildman–Crippen LogP) is -0.403. The molecule has 2 unspecified atom stereocenters. The zero-order chi connectivity index (χ0) is 19.7. The second-order valence-corrected chi connectivity index (χ2v) is 10.1. The number of nitrogens with one attached hydrogen (secondary N) is 1. The molecule has 1 N–H and O–H groups in total. The highest BCUT2D eigenvalue weighted by molar-refractivity contribution is 7.91. The molecule has 2 amide bonds. The van der Waals surface area contributed by atoms with E-state index in [-0.39, 0.29) is 41.8 Å². The molecule has 9 nitrogen and oxygen atoms in total. The van der Waals surface area contributed by atoms with Gasteiger partial charge < -0.3 is 15.1 Å². The minimum absolute atomic E-state index is 0.0209. The number of carbonyl (C=O) groups excluding carboxylic acids is 2. The molecule has 4 rings (SSSR count). The van der Waals surface area contributed by atoms with Gasteiger partial charge in [-0.05, 0) is 25.3 Å². The second-order valence-electron chi connectivity index (χ2n) is 7.82. The highest BCUT2D eigenvalue weighted by Crippen LogP contribution is 2.26. The molecule has 3 saturated heterocycles. The molecular formula is C18H25N5O4S. The molecule has 4 heterocycles. The number of carbonyl (C=O) groups is 2. The first kappa shape index (κ1) is 19.1. The number of aromatic nitrogens is 2. The van der Waals surface area contributed by atoms with Crippen LogP contribution in [0.2, 0.25) is 0 Å². The maximum Gasteiger partial charge on any atom is 0.225 e. The van der Waals surface area contributed by atoms with Gasteiger partial charge in [-0.25, -0.2) is 18.4 Å². The lowest BCUT2D eigenvalue weighted by atomic mass is 10.0. The van der Waals surface area contributed by atoms with Crippen molar-refractivity contribution in [3.63, 3.8) is 0 Å². The lowest BCUT2D eigenvalue weighted by molar-refractivity contribution is -0.130. The van der Waals surface area contributed by atoms with E-state index in [4.69, 9.17) is 0 Å². The van der Waals surface area contributed by atoms with Crippen molar-refractivity contribution < 1.29 is 18.0 Å². The first-order valence-electron chi connectivity index (χ1n) is 9.73. The normalized spacial score (nSPS) is 27.9.